The van der Waals surface area contributed by atoms with Crippen LogP contribution in [0.3, 0.4) is 0 Å². The van der Waals surface area contributed by atoms with E-state index in [1.54, 1.807) is 24.3 Å². The summed E-state index contributed by atoms with van der Waals surface area (Å²) in [6.45, 7) is 1.51. The quantitative estimate of drug-likeness (QED) is 0.548. The van der Waals surface area contributed by atoms with Crippen LogP contribution in [0.2, 0.25) is 0 Å². The van der Waals surface area contributed by atoms with Crippen LogP contribution in [-0.2, 0) is 4.74 Å². The van der Waals surface area contributed by atoms with Crippen LogP contribution in [0.4, 0.5) is 11.6 Å². The summed E-state index contributed by atoms with van der Waals surface area (Å²) in [6, 6.07) is 6.73. The molecule has 1 heterocycles. The molecule has 0 saturated heterocycles. The van der Waals surface area contributed by atoms with E-state index in [1.165, 1.54) is 19.5 Å². The topological polar surface area (TPSA) is 96.4 Å². The molecule has 0 unspecified atom stereocenters. The summed E-state index contributed by atoms with van der Waals surface area (Å²) in [6.07, 6.45) is 3.82. The summed E-state index contributed by atoms with van der Waals surface area (Å²) < 4.78 is 4.65. The lowest BCUT2D eigenvalue weighted by Gasteiger charge is -2.10. The Bertz CT molecular complexity index is 729. The van der Waals surface area contributed by atoms with Gasteiger partial charge in [-0.25, -0.2) is 14.8 Å². The normalized spacial score (nSPS) is 10.5. The highest BCUT2D eigenvalue weighted by molar-refractivity contribution is 5.93. The molecular formula is C18H23N5O3. The summed E-state index contributed by atoms with van der Waals surface area (Å²) in [7, 11) is 5.32. The molecule has 1 aromatic carbocycles. The number of amides is 1. The molecule has 0 atom stereocenters. The molecular weight excluding hydrogens is 334 g/mol. The van der Waals surface area contributed by atoms with Gasteiger partial charge in [-0.2, -0.15) is 0 Å². The highest BCUT2D eigenvalue weighted by Crippen LogP contribution is 2.14. The molecule has 2 rings (SSSR count). The molecule has 0 bridgehead atoms. The highest BCUT2D eigenvalue weighted by Gasteiger charge is 2.08. The maximum absolute atomic E-state index is 12.0. The Morgan fingerprint density at radius 2 is 1.73 bits per heavy atom. The van der Waals surface area contributed by atoms with Gasteiger partial charge in [0, 0.05) is 24.6 Å². The van der Waals surface area contributed by atoms with Crippen molar-refractivity contribution in [1.29, 1.82) is 0 Å². The van der Waals surface area contributed by atoms with Gasteiger partial charge in [0.2, 0.25) is 5.95 Å². The Morgan fingerprint density at radius 3 is 2.31 bits per heavy atom. The van der Waals surface area contributed by atoms with Crippen molar-refractivity contribution in [3.63, 3.8) is 0 Å². The summed E-state index contributed by atoms with van der Waals surface area (Å²) in [5.74, 6) is -0.230. The van der Waals surface area contributed by atoms with E-state index in [0.717, 1.165) is 18.7 Å². The SMILES string of the molecule is COC(=O)c1ccc(Nc2ncc(C(=O)NCCCN(C)C)cn2)cc1. The molecule has 0 radical (unpaired) electrons. The molecule has 1 aromatic heterocycles. The third-order valence-corrected chi connectivity index (χ3v) is 3.54. The predicted octanol–water partition coefficient (Wildman–Crippen LogP) is 1.69. The van der Waals surface area contributed by atoms with Crippen LogP contribution in [0.5, 0.6) is 0 Å². The molecule has 138 valence electrons. The van der Waals surface area contributed by atoms with Crippen molar-refractivity contribution in [2.45, 2.75) is 6.42 Å². The van der Waals surface area contributed by atoms with Crippen molar-refractivity contribution in [3.05, 3.63) is 47.8 Å². The number of carbonyl (C=O) groups excluding carboxylic acids is 2. The van der Waals surface area contributed by atoms with Gasteiger partial charge in [-0.15, -0.1) is 0 Å². The average molecular weight is 357 g/mol. The van der Waals surface area contributed by atoms with Gasteiger partial charge < -0.3 is 20.3 Å². The summed E-state index contributed by atoms with van der Waals surface area (Å²) >= 11 is 0. The van der Waals surface area contributed by atoms with Crippen molar-refractivity contribution in [2.24, 2.45) is 0 Å². The Balaban J connectivity index is 1.88. The smallest absolute Gasteiger partial charge is 0.337 e. The molecule has 1 amide bonds. The largest absolute Gasteiger partial charge is 0.465 e. The Hall–Kier alpha value is -3.00. The number of hydrogen-bond acceptors (Lipinski definition) is 7. The van der Waals surface area contributed by atoms with Gasteiger partial charge in [-0.1, -0.05) is 0 Å². The molecule has 0 aliphatic rings. The van der Waals surface area contributed by atoms with Crippen LogP contribution >= 0.6 is 0 Å². The summed E-state index contributed by atoms with van der Waals surface area (Å²) in [4.78, 5) is 33.8. The van der Waals surface area contributed by atoms with E-state index in [-0.39, 0.29) is 5.91 Å². The van der Waals surface area contributed by atoms with E-state index in [0.29, 0.717) is 23.6 Å². The zero-order valence-corrected chi connectivity index (χ0v) is 15.2. The molecule has 8 heteroatoms. The molecule has 0 spiro atoms. The van der Waals surface area contributed by atoms with Crippen LogP contribution in [0.25, 0.3) is 0 Å². The minimum atomic E-state index is -0.395. The van der Waals surface area contributed by atoms with Crippen LogP contribution < -0.4 is 10.6 Å². The number of carbonyl (C=O) groups is 2. The number of ether oxygens (including phenoxy) is 1. The Kier molecular flexibility index (Phi) is 7.04. The summed E-state index contributed by atoms with van der Waals surface area (Å²) in [5.41, 5.74) is 1.58. The monoisotopic (exact) mass is 357 g/mol. The van der Waals surface area contributed by atoms with Gasteiger partial charge in [0.15, 0.2) is 0 Å². The van der Waals surface area contributed by atoms with Gasteiger partial charge >= 0.3 is 5.97 Å². The summed E-state index contributed by atoms with van der Waals surface area (Å²) in [5, 5.41) is 5.84. The van der Waals surface area contributed by atoms with Crippen molar-refractivity contribution in [2.75, 3.05) is 39.6 Å². The number of nitrogens with zero attached hydrogens (tertiary/aromatic N) is 3. The highest BCUT2D eigenvalue weighted by atomic mass is 16.5. The fourth-order valence-electron chi connectivity index (χ4n) is 2.15. The number of esters is 1. The van der Waals surface area contributed by atoms with E-state index >= 15 is 0 Å². The molecule has 2 N–H and O–H groups in total. The first kappa shape index (κ1) is 19.3. The van der Waals surface area contributed by atoms with Crippen LogP contribution in [-0.4, -0.2) is 61.0 Å². The Labute approximate surface area is 152 Å². The van der Waals surface area contributed by atoms with E-state index in [2.05, 4.69) is 30.2 Å². The zero-order valence-electron chi connectivity index (χ0n) is 15.2. The Morgan fingerprint density at radius 1 is 1.08 bits per heavy atom. The van der Waals surface area contributed by atoms with Crippen LogP contribution in [0, 0.1) is 0 Å². The van der Waals surface area contributed by atoms with E-state index in [9.17, 15) is 9.59 Å². The number of methoxy groups -OCH3 is 1. The number of nitrogens with one attached hydrogen (secondary N) is 2. The molecule has 0 aliphatic carbocycles. The molecule has 8 nitrogen and oxygen atoms in total. The second kappa shape index (κ2) is 9.47. The average Bonchev–Trinajstić information content (AvgIpc) is 2.65. The minimum Gasteiger partial charge on any atom is -0.465 e. The van der Waals surface area contributed by atoms with Crippen molar-refractivity contribution < 1.29 is 14.3 Å². The maximum Gasteiger partial charge on any atom is 0.337 e. The van der Waals surface area contributed by atoms with Crippen LogP contribution in [0.1, 0.15) is 27.1 Å². The first-order chi connectivity index (χ1) is 12.5. The lowest BCUT2D eigenvalue weighted by molar-refractivity contribution is 0.0600. The second-order valence-electron chi connectivity index (χ2n) is 5.90. The molecule has 26 heavy (non-hydrogen) atoms. The first-order valence-electron chi connectivity index (χ1n) is 8.20. The number of hydrogen-bond donors (Lipinski definition) is 2. The van der Waals surface area contributed by atoms with Gasteiger partial charge in [-0.3, -0.25) is 4.79 Å². The van der Waals surface area contributed by atoms with E-state index in [4.69, 9.17) is 0 Å². The number of benzene rings is 1. The van der Waals surface area contributed by atoms with Crippen molar-refractivity contribution in [3.8, 4) is 0 Å². The predicted molar refractivity (Wildman–Crippen MR) is 98.6 cm³/mol. The van der Waals surface area contributed by atoms with Crippen molar-refractivity contribution in [1.82, 2.24) is 20.2 Å². The third kappa shape index (κ3) is 5.82. The molecule has 2 aromatic rings. The number of aromatic nitrogens is 2. The van der Waals surface area contributed by atoms with Gasteiger partial charge in [0.25, 0.3) is 5.91 Å². The number of rotatable bonds is 8. The van der Waals surface area contributed by atoms with Gasteiger partial charge in [0.05, 0.1) is 18.2 Å². The maximum atomic E-state index is 12.0. The standard InChI is InChI=1S/C18H23N5O3/c1-23(2)10-4-9-19-16(24)14-11-20-18(21-12-14)22-15-7-5-13(6-8-15)17(25)26-3/h5-8,11-12H,4,9-10H2,1-3H3,(H,19,24)(H,20,21,22). The zero-order chi connectivity index (χ0) is 18.9. The lowest BCUT2D eigenvalue weighted by Crippen LogP contribution is -2.27. The molecule has 0 aliphatic heterocycles. The van der Waals surface area contributed by atoms with Gasteiger partial charge in [-0.05, 0) is 51.3 Å². The fraction of sp³-hybridized carbons (Fsp3) is 0.333. The lowest BCUT2D eigenvalue weighted by atomic mass is 10.2. The third-order valence-electron chi connectivity index (χ3n) is 3.54. The molecule has 0 fully saturated rings. The second-order valence-corrected chi connectivity index (χ2v) is 5.90. The first-order valence-corrected chi connectivity index (χ1v) is 8.20. The van der Waals surface area contributed by atoms with Crippen LogP contribution in [0.15, 0.2) is 36.7 Å². The molecule has 0 saturated carbocycles. The fourth-order valence-corrected chi connectivity index (χ4v) is 2.15. The number of anilines is 2. The van der Waals surface area contributed by atoms with E-state index < -0.39 is 5.97 Å². The van der Waals surface area contributed by atoms with E-state index in [1.807, 2.05) is 14.1 Å². The van der Waals surface area contributed by atoms with Crippen molar-refractivity contribution >= 4 is 23.5 Å². The minimum absolute atomic E-state index is 0.197. The van der Waals surface area contributed by atoms with Gasteiger partial charge in [0.1, 0.15) is 0 Å².